The highest BCUT2D eigenvalue weighted by atomic mass is 19.4. The first-order valence-corrected chi connectivity index (χ1v) is 7.95. The number of aryl methyl sites for hydroxylation is 1. The van der Waals surface area contributed by atoms with Crippen molar-refractivity contribution in [1.29, 1.82) is 0 Å². The van der Waals surface area contributed by atoms with Crippen molar-refractivity contribution in [3.63, 3.8) is 0 Å². The molecule has 2 aromatic carbocycles. The molecule has 0 radical (unpaired) electrons. The second-order valence-corrected chi connectivity index (χ2v) is 5.78. The summed E-state index contributed by atoms with van der Waals surface area (Å²) in [6.45, 7) is 1.32. The topological polar surface area (TPSA) is 64.6 Å². The van der Waals surface area contributed by atoms with Crippen LogP contribution in [0.2, 0.25) is 0 Å². The summed E-state index contributed by atoms with van der Waals surface area (Å²) < 4.78 is 47.6. The third kappa shape index (κ3) is 6.02. The number of hydrogen-bond donors (Lipinski definition) is 1. The Morgan fingerprint density at radius 3 is 2.33 bits per heavy atom. The van der Waals surface area contributed by atoms with Gasteiger partial charge in [0.05, 0.1) is 19.1 Å². The van der Waals surface area contributed by atoms with E-state index in [0.29, 0.717) is 11.3 Å². The van der Waals surface area contributed by atoms with Gasteiger partial charge in [-0.2, -0.15) is 13.2 Å². The minimum Gasteiger partial charge on any atom is -0.496 e. The van der Waals surface area contributed by atoms with Gasteiger partial charge in [0.25, 0.3) is 5.91 Å². The summed E-state index contributed by atoms with van der Waals surface area (Å²) in [6, 6.07) is 9.31. The standard InChI is InChI=1S/C19H18F3NO4/c1-12-3-8-16(26-2)13(9-12)10-18(25)27-11-17(24)23-15-6-4-14(5-7-15)19(20,21)22/h3-9H,10-11H2,1-2H3,(H,23,24). The zero-order chi connectivity index (χ0) is 20.0. The molecule has 2 aromatic rings. The van der Waals surface area contributed by atoms with Gasteiger partial charge >= 0.3 is 12.1 Å². The Kier molecular flexibility index (Phi) is 6.44. The third-order valence-corrected chi connectivity index (χ3v) is 3.63. The molecule has 0 unspecified atom stereocenters. The minimum atomic E-state index is -4.45. The number of halogens is 3. The van der Waals surface area contributed by atoms with Crippen LogP contribution in [0.1, 0.15) is 16.7 Å². The average Bonchev–Trinajstić information content (AvgIpc) is 2.60. The molecular weight excluding hydrogens is 363 g/mol. The number of carbonyl (C=O) groups excluding carboxylic acids is 2. The lowest BCUT2D eigenvalue weighted by molar-refractivity contribution is -0.146. The normalized spacial score (nSPS) is 11.0. The van der Waals surface area contributed by atoms with Gasteiger partial charge in [-0.1, -0.05) is 17.7 Å². The molecule has 2 rings (SSSR count). The summed E-state index contributed by atoms with van der Waals surface area (Å²) in [5, 5.41) is 2.36. The maximum atomic E-state index is 12.5. The highest BCUT2D eigenvalue weighted by Gasteiger charge is 2.30. The number of amides is 1. The maximum absolute atomic E-state index is 12.5. The quantitative estimate of drug-likeness (QED) is 0.774. The van der Waals surface area contributed by atoms with E-state index in [9.17, 15) is 22.8 Å². The Morgan fingerprint density at radius 2 is 1.74 bits per heavy atom. The van der Waals surface area contributed by atoms with E-state index in [1.165, 1.54) is 7.11 Å². The van der Waals surface area contributed by atoms with Crippen LogP contribution in [-0.2, 0) is 26.9 Å². The van der Waals surface area contributed by atoms with Crippen LogP contribution >= 0.6 is 0 Å². The van der Waals surface area contributed by atoms with Crippen molar-refractivity contribution in [2.75, 3.05) is 19.0 Å². The molecule has 0 saturated carbocycles. The molecule has 0 saturated heterocycles. The molecule has 27 heavy (non-hydrogen) atoms. The number of anilines is 1. The van der Waals surface area contributed by atoms with Crippen LogP contribution < -0.4 is 10.1 Å². The number of carbonyl (C=O) groups is 2. The molecule has 1 amide bonds. The van der Waals surface area contributed by atoms with Gasteiger partial charge in [0.1, 0.15) is 5.75 Å². The molecule has 0 aliphatic heterocycles. The van der Waals surface area contributed by atoms with Crippen molar-refractivity contribution < 1.29 is 32.2 Å². The number of benzene rings is 2. The van der Waals surface area contributed by atoms with Crippen molar-refractivity contribution in [3.05, 3.63) is 59.2 Å². The molecule has 0 heterocycles. The third-order valence-electron chi connectivity index (χ3n) is 3.63. The predicted octanol–water partition coefficient (Wildman–Crippen LogP) is 3.75. The minimum absolute atomic E-state index is 0.0710. The highest BCUT2D eigenvalue weighted by Crippen LogP contribution is 2.29. The summed E-state index contributed by atoms with van der Waals surface area (Å²) in [5.41, 5.74) is 0.924. The van der Waals surface area contributed by atoms with E-state index in [0.717, 1.165) is 29.8 Å². The fourth-order valence-electron chi connectivity index (χ4n) is 2.34. The van der Waals surface area contributed by atoms with Gasteiger partial charge in [0.15, 0.2) is 6.61 Å². The molecule has 144 valence electrons. The van der Waals surface area contributed by atoms with Gasteiger partial charge < -0.3 is 14.8 Å². The summed E-state index contributed by atoms with van der Waals surface area (Å²) in [7, 11) is 1.48. The van der Waals surface area contributed by atoms with E-state index in [-0.39, 0.29) is 12.1 Å². The van der Waals surface area contributed by atoms with Crippen LogP contribution in [0.3, 0.4) is 0 Å². The molecule has 1 N–H and O–H groups in total. The number of alkyl halides is 3. The lowest BCUT2D eigenvalue weighted by Gasteiger charge is -2.10. The summed E-state index contributed by atoms with van der Waals surface area (Å²) >= 11 is 0. The first-order chi connectivity index (χ1) is 12.7. The van der Waals surface area contributed by atoms with Gasteiger partial charge in [-0.3, -0.25) is 9.59 Å². The van der Waals surface area contributed by atoms with Crippen molar-refractivity contribution in [3.8, 4) is 5.75 Å². The number of ether oxygens (including phenoxy) is 2. The van der Waals surface area contributed by atoms with E-state index >= 15 is 0 Å². The van der Waals surface area contributed by atoms with Crippen LogP contribution in [0.5, 0.6) is 5.75 Å². The molecule has 8 heteroatoms. The molecule has 0 spiro atoms. The van der Waals surface area contributed by atoms with Gasteiger partial charge in [-0.05, 0) is 37.3 Å². The molecule has 0 aromatic heterocycles. The Hall–Kier alpha value is -3.03. The maximum Gasteiger partial charge on any atom is 0.416 e. The van der Waals surface area contributed by atoms with Crippen molar-refractivity contribution >= 4 is 17.6 Å². The smallest absolute Gasteiger partial charge is 0.416 e. The van der Waals surface area contributed by atoms with Crippen LogP contribution in [-0.4, -0.2) is 25.6 Å². The largest absolute Gasteiger partial charge is 0.496 e. The van der Waals surface area contributed by atoms with Gasteiger partial charge in [-0.25, -0.2) is 0 Å². The fraction of sp³-hybridized carbons (Fsp3) is 0.263. The van der Waals surface area contributed by atoms with Gasteiger partial charge in [-0.15, -0.1) is 0 Å². The predicted molar refractivity (Wildman–Crippen MR) is 92.5 cm³/mol. The Labute approximate surface area is 154 Å². The number of hydrogen-bond acceptors (Lipinski definition) is 4. The Balaban J connectivity index is 1.86. The first kappa shape index (κ1) is 20.3. The van der Waals surface area contributed by atoms with E-state index in [4.69, 9.17) is 9.47 Å². The molecular formula is C19H18F3NO4. The molecule has 0 bridgehead atoms. The Morgan fingerprint density at radius 1 is 1.07 bits per heavy atom. The van der Waals surface area contributed by atoms with Gasteiger partial charge in [0.2, 0.25) is 0 Å². The average molecular weight is 381 g/mol. The second kappa shape index (κ2) is 8.57. The number of methoxy groups -OCH3 is 1. The van der Waals surface area contributed by atoms with Crippen LogP contribution in [0.25, 0.3) is 0 Å². The summed E-state index contributed by atoms with van der Waals surface area (Å²) in [6.07, 6.45) is -4.52. The zero-order valence-electron chi connectivity index (χ0n) is 14.7. The SMILES string of the molecule is COc1ccc(C)cc1CC(=O)OCC(=O)Nc1ccc(C(F)(F)F)cc1. The number of esters is 1. The Bertz CT molecular complexity index is 817. The highest BCUT2D eigenvalue weighted by molar-refractivity contribution is 5.92. The molecule has 0 aliphatic carbocycles. The van der Waals surface area contributed by atoms with Crippen molar-refractivity contribution in [2.45, 2.75) is 19.5 Å². The van der Waals surface area contributed by atoms with Crippen LogP contribution in [0.4, 0.5) is 18.9 Å². The van der Waals surface area contributed by atoms with E-state index in [1.54, 1.807) is 12.1 Å². The van der Waals surface area contributed by atoms with E-state index < -0.39 is 30.2 Å². The van der Waals surface area contributed by atoms with Crippen molar-refractivity contribution in [1.82, 2.24) is 0 Å². The van der Waals surface area contributed by atoms with E-state index in [2.05, 4.69) is 5.32 Å². The molecule has 5 nitrogen and oxygen atoms in total. The monoisotopic (exact) mass is 381 g/mol. The molecule has 0 aliphatic rings. The summed E-state index contributed by atoms with van der Waals surface area (Å²) in [4.78, 5) is 23.7. The lowest BCUT2D eigenvalue weighted by Crippen LogP contribution is -2.21. The summed E-state index contributed by atoms with van der Waals surface area (Å²) in [5.74, 6) is -0.743. The van der Waals surface area contributed by atoms with Crippen LogP contribution in [0, 0.1) is 6.92 Å². The zero-order valence-corrected chi connectivity index (χ0v) is 14.7. The fourth-order valence-corrected chi connectivity index (χ4v) is 2.34. The molecule has 0 atom stereocenters. The van der Waals surface area contributed by atoms with Crippen LogP contribution in [0.15, 0.2) is 42.5 Å². The van der Waals surface area contributed by atoms with Crippen molar-refractivity contribution in [2.24, 2.45) is 0 Å². The first-order valence-electron chi connectivity index (χ1n) is 7.95. The molecule has 0 fully saturated rings. The lowest BCUT2D eigenvalue weighted by atomic mass is 10.1. The second-order valence-electron chi connectivity index (χ2n) is 5.78. The number of rotatable bonds is 6. The van der Waals surface area contributed by atoms with E-state index in [1.807, 2.05) is 13.0 Å². The van der Waals surface area contributed by atoms with Gasteiger partial charge in [0, 0.05) is 11.3 Å². The number of nitrogens with one attached hydrogen (secondary N) is 1.